The van der Waals surface area contributed by atoms with Gasteiger partial charge < -0.3 is 0 Å². The normalized spacial score (nSPS) is 16.8. The van der Waals surface area contributed by atoms with Crippen LogP contribution in [0.4, 0.5) is 110 Å². The van der Waals surface area contributed by atoms with Crippen molar-refractivity contribution in [2.75, 3.05) is 0 Å². The summed E-state index contributed by atoms with van der Waals surface area (Å²) in [6.07, 6.45) is -8.23. The first-order valence-corrected chi connectivity index (χ1v) is 9.63. The van der Waals surface area contributed by atoms with Crippen molar-refractivity contribution >= 4 is 47.9 Å². The molecule has 0 aliphatic carbocycles. The molecule has 0 radical (unpaired) electrons. The third-order valence-electron chi connectivity index (χ3n) is 4.59. The first-order chi connectivity index (χ1) is 17.0. The Hall–Kier alpha value is -0.580. The molecule has 3 nitrogen and oxygen atoms in total. The molecule has 0 aromatic carbocycles. The van der Waals surface area contributed by atoms with Gasteiger partial charge in [-0.05, 0) is 0 Å². The number of hydrogen-bond donors (Lipinski definition) is 1. The van der Waals surface area contributed by atoms with Crippen molar-refractivity contribution in [3.63, 3.8) is 0 Å². The van der Waals surface area contributed by atoms with E-state index < -0.39 is 80.8 Å². The Labute approximate surface area is 241 Å². The summed E-state index contributed by atoms with van der Waals surface area (Å²) >= 11 is 0. The Kier molecular flexibility index (Phi) is 10.9. The van der Waals surface area contributed by atoms with E-state index in [-0.39, 0.29) is 37.7 Å². The minimum atomic E-state index is -9.76. The van der Waals surface area contributed by atoms with Gasteiger partial charge >= 0.3 is 119 Å². The minimum absolute atomic E-state index is 0. The van der Waals surface area contributed by atoms with E-state index in [0.29, 0.717) is 0 Å². The summed E-state index contributed by atoms with van der Waals surface area (Å²) in [5.41, 5.74) is 0. The number of halogens is 25. The molecule has 0 aromatic rings. The summed E-state index contributed by atoms with van der Waals surface area (Å²) in [6.45, 7) is 0. The van der Waals surface area contributed by atoms with E-state index in [1.54, 1.807) is 0 Å². The van der Waals surface area contributed by atoms with Gasteiger partial charge in [-0.3, -0.25) is 4.55 Å². The van der Waals surface area contributed by atoms with Crippen molar-refractivity contribution in [1.82, 2.24) is 0 Å². The fraction of sp³-hybridized carbons (Fsp3) is 1.00. The Balaban J connectivity index is 0. The molecule has 0 fully saturated rings. The van der Waals surface area contributed by atoms with Crippen LogP contribution in [0.2, 0.25) is 0 Å². The summed E-state index contributed by atoms with van der Waals surface area (Å²) in [5, 5.41) is -8.22. The van der Waals surface area contributed by atoms with Crippen LogP contribution in [0.15, 0.2) is 0 Å². The maximum atomic E-state index is 13.5. The molecular weight excluding hydrogens is 739 g/mol. The van der Waals surface area contributed by atoms with Crippen LogP contribution >= 0.6 is 0 Å². The van der Waals surface area contributed by atoms with Gasteiger partial charge in [-0.1, -0.05) is 0 Å². The zero-order valence-electron chi connectivity index (χ0n) is 17.1. The molecule has 0 aromatic heterocycles. The molecule has 0 spiro atoms. The van der Waals surface area contributed by atoms with Crippen LogP contribution < -0.4 is 0 Å². The standard InChI is InChI=1S/C12HF25O3S.Ca.2H/c13-1(14,3(17,18)5(21,22)7(25,26)9(29,30)11(33,34)35)2(15,16)4(19,20)6(23,24)8(27,28)10(31,32)12(36,37)41(38,39)40;;;/h(H,38,39,40);;;. The molecular formula is C12H3CaF25O3S. The SMILES string of the molecule is O=S(=O)(O)C(F)(F)C(F)(F)C(F)(F)C(F)(F)C(F)(F)C(F)(F)C(F)(F)C(F)(F)C(F)(F)C(F)(F)C(F)(F)C(F)(F)F.[CaH2]. The van der Waals surface area contributed by atoms with Gasteiger partial charge in [-0.25, -0.2) is 0 Å². The van der Waals surface area contributed by atoms with Crippen molar-refractivity contribution in [1.29, 1.82) is 0 Å². The van der Waals surface area contributed by atoms with Crippen molar-refractivity contribution < 1.29 is 123 Å². The van der Waals surface area contributed by atoms with Gasteiger partial charge in [-0.2, -0.15) is 118 Å². The molecule has 0 aliphatic heterocycles. The first kappa shape index (κ1) is 43.5. The second-order valence-corrected chi connectivity index (χ2v) is 8.70. The van der Waals surface area contributed by atoms with Gasteiger partial charge in [0.05, 0.1) is 0 Å². The summed E-state index contributed by atoms with van der Waals surface area (Å²) in [7, 11) is -8.24. The van der Waals surface area contributed by atoms with Crippen LogP contribution in [0.3, 0.4) is 0 Å². The van der Waals surface area contributed by atoms with E-state index in [1.165, 1.54) is 0 Å². The molecule has 0 heterocycles. The predicted octanol–water partition coefficient (Wildman–Crippen LogP) is 6.47. The Morgan fingerprint density at radius 3 is 0.595 bits per heavy atom. The van der Waals surface area contributed by atoms with Gasteiger partial charge in [0.1, 0.15) is 0 Å². The van der Waals surface area contributed by atoms with Gasteiger partial charge in [0, 0.05) is 0 Å². The van der Waals surface area contributed by atoms with E-state index in [9.17, 15) is 118 Å². The molecule has 252 valence electrons. The van der Waals surface area contributed by atoms with Crippen LogP contribution in [0.25, 0.3) is 0 Å². The molecule has 0 amide bonds. The van der Waals surface area contributed by atoms with E-state index in [0.717, 1.165) is 0 Å². The first-order valence-electron chi connectivity index (χ1n) is 8.19. The number of rotatable bonds is 11. The molecule has 0 aliphatic rings. The van der Waals surface area contributed by atoms with Crippen LogP contribution in [0.5, 0.6) is 0 Å². The zero-order chi connectivity index (χ0) is 34.5. The Morgan fingerprint density at radius 2 is 0.452 bits per heavy atom. The van der Waals surface area contributed by atoms with E-state index in [1.807, 2.05) is 0 Å². The van der Waals surface area contributed by atoms with Crippen LogP contribution in [0.1, 0.15) is 0 Å². The molecule has 0 atom stereocenters. The second kappa shape index (κ2) is 10.5. The molecule has 0 saturated carbocycles. The number of hydrogen-bond acceptors (Lipinski definition) is 2. The maximum absolute atomic E-state index is 13.5. The molecule has 0 saturated heterocycles. The summed E-state index contributed by atoms with van der Waals surface area (Å²) in [5.74, 6) is -94.0. The second-order valence-electron chi connectivity index (χ2n) is 7.23. The van der Waals surface area contributed by atoms with Gasteiger partial charge in [0.2, 0.25) is 0 Å². The fourth-order valence-corrected chi connectivity index (χ4v) is 2.55. The number of alkyl halides is 25. The van der Waals surface area contributed by atoms with Crippen LogP contribution in [-0.2, 0) is 10.1 Å². The third kappa shape index (κ3) is 5.04. The van der Waals surface area contributed by atoms with Crippen molar-refractivity contribution in [3.05, 3.63) is 0 Å². The van der Waals surface area contributed by atoms with Gasteiger partial charge in [0.25, 0.3) is 0 Å². The topological polar surface area (TPSA) is 54.4 Å². The molecule has 30 heteroatoms. The Bertz CT molecular complexity index is 1100. The summed E-state index contributed by atoms with van der Waals surface area (Å²) in [4.78, 5) is 0. The summed E-state index contributed by atoms with van der Waals surface area (Å²) < 4.78 is 355. The average molecular weight is 742 g/mol. The molecule has 1 N–H and O–H groups in total. The average Bonchev–Trinajstić information content (AvgIpc) is 2.70. The fourth-order valence-electron chi connectivity index (χ4n) is 2.10. The van der Waals surface area contributed by atoms with Crippen molar-refractivity contribution in [2.24, 2.45) is 0 Å². The molecule has 0 unspecified atom stereocenters. The van der Waals surface area contributed by atoms with E-state index >= 15 is 0 Å². The van der Waals surface area contributed by atoms with Gasteiger partial charge in [-0.15, -0.1) is 0 Å². The predicted molar refractivity (Wildman–Crippen MR) is 80.6 cm³/mol. The summed E-state index contributed by atoms with van der Waals surface area (Å²) in [6, 6.07) is 0. The monoisotopic (exact) mass is 742 g/mol. The zero-order valence-corrected chi connectivity index (χ0v) is 17.9. The molecule has 42 heavy (non-hydrogen) atoms. The van der Waals surface area contributed by atoms with Crippen molar-refractivity contribution in [2.45, 2.75) is 70.7 Å². The molecule has 0 bridgehead atoms. The van der Waals surface area contributed by atoms with Crippen molar-refractivity contribution in [3.8, 4) is 0 Å². The van der Waals surface area contributed by atoms with Crippen LogP contribution in [0, 0.1) is 0 Å². The third-order valence-corrected chi connectivity index (χ3v) is 5.50. The quantitative estimate of drug-likeness (QED) is 0.150. The van der Waals surface area contributed by atoms with Gasteiger partial charge in [0.15, 0.2) is 0 Å². The van der Waals surface area contributed by atoms with E-state index in [2.05, 4.69) is 0 Å². The van der Waals surface area contributed by atoms with Crippen LogP contribution in [-0.4, -0.2) is 121 Å². The van der Waals surface area contributed by atoms with E-state index in [4.69, 9.17) is 4.55 Å². The Morgan fingerprint density at radius 1 is 0.310 bits per heavy atom. The molecule has 0 rings (SSSR count).